The van der Waals surface area contributed by atoms with E-state index < -0.39 is 0 Å². The van der Waals surface area contributed by atoms with Crippen LogP contribution < -0.4 is 0 Å². The molecule has 0 aromatic heterocycles. The Hall–Kier alpha value is -1.57. The van der Waals surface area contributed by atoms with Crippen LogP contribution in [0.4, 0.5) is 0 Å². The molecular weight excluding hydrogens is 320 g/mol. The zero-order chi connectivity index (χ0) is 18.7. The Kier molecular flexibility index (Phi) is 14.6. The number of hydrogen-bond acceptors (Lipinski definition) is 2. The minimum Gasteiger partial charge on any atom is -0.462 e. The first-order valence-electron chi connectivity index (χ1n) is 10.7. The standard InChI is InChI=1S/C24H38O2/c1-2-3-4-5-6-7-8-9-10-11-12-13-17-20-24(25)26-22-21-23-18-15-14-16-19-23/h14-20H,2-13,21-22H2,1H3. The average molecular weight is 359 g/mol. The van der Waals surface area contributed by atoms with Gasteiger partial charge in [0, 0.05) is 12.5 Å². The smallest absolute Gasteiger partial charge is 0.330 e. The van der Waals surface area contributed by atoms with Crippen molar-refractivity contribution in [2.24, 2.45) is 0 Å². The molecule has 0 aliphatic carbocycles. The largest absolute Gasteiger partial charge is 0.462 e. The normalized spacial score (nSPS) is 11.1. The van der Waals surface area contributed by atoms with Crippen molar-refractivity contribution in [3.05, 3.63) is 48.0 Å². The van der Waals surface area contributed by atoms with Crippen molar-refractivity contribution in [1.29, 1.82) is 0 Å². The van der Waals surface area contributed by atoms with Crippen molar-refractivity contribution >= 4 is 5.97 Å². The average Bonchev–Trinajstić information content (AvgIpc) is 2.66. The van der Waals surface area contributed by atoms with Gasteiger partial charge in [0.15, 0.2) is 0 Å². The van der Waals surface area contributed by atoms with Crippen LogP contribution in [0.25, 0.3) is 0 Å². The lowest BCUT2D eigenvalue weighted by Crippen LogP contribution is -2.04. The Balaban J connectivity index is 1.85. The summed E-state index contributed by atoms with van der Waals surface area (Å²) in [5.41, 5.74) is 1.20. The van der Waals surface area contributed by atoms with E-state index in [0.717, 1.165) is 12.8 Å². The molecule has 0 atom stereocenters. The van der Waals surface area contributed by atoms with Crippen LogP contribution in [0.1, 0.15) is 89.5 Å². The summed E-state index contributed by atoms with van der Waals surface area (Å²) in [6, 6.07) is 10.1. The number of carbonyl (C=O) groups excluding carboxylic acids is 1. The Morgan fingerprint density at radius 3 is 2.04 bits per heavy atom. The van der Waals surface area contributed by atoms with Gasteiger partial charge in [0.2, 0.25) is 0 Å². The predicted molar refractivity (Wildman–Crippen MR) is 111 cm³/mol. The summed E-state index contributed by atoms with van der Waals surface area (Å²) in [4.78, 5) is 11.6. The quantitative estimate of drug-likeness (QED) is 0.180. The number of unbranched alkanes of at least 4 members (excludes halogenated alkanes) is 11. The third-order valence-electron chi connectivity index (χ3n) is 4.71. The number of carbonyl (C=O) groups is 1. The lowest BCUT2D eigenvalue weighted by atomic mass is 10.1. The van der Waals surface area contributed by atoms with Gasteiger partial charge >= 0.3 is 5.97 Å². The number of benzene rings is 1. The Bertz CT molecular complexity index is 464. The third-order valence-corrected chi connectivity index (χ3v) is 4.71. The highest BCUT2D eigenvalue weighted by Gasteiger charge is 1.98. The Morgan fingerprint density at radius 1 is 0.846 bits per heavy atom. The molecule has 1 rings (SSSR count). The second kappa shape index (κ2) is 16.9. The lowest BCUT2D eigenvalue weighted by molar-refractivity contribution is -0.137. The molecule has 0 bridgehead atoms. The summed E-state index contributed by atoms with van der Waals surface area (Å²) in [5.74, 6) is -0.219. The number of allylic oxidation sites excluding steroid dienone is 1. The fourth-order valence-electron chi connectivity index (χ4n) is 3.07. The highest BCUT2D eigenvalue weighted by Crippen LogP contribution is 2.12. The van der Waals surface area contributed by atoms with E-state index in [1.807, 2.05) is 24.3 Å². The summed E-state index contributed by atoms with van der Waals surface area (Å²) in [6.45, 7) is 2.72. The first kappa shape index (κ1) is 22.5. The van der Waals surface area contributed by atoms with E-state index in [4.69, 9.17) is 4.74 Å². The van der Waals surface area contributed by atoms with Crippen LogP contribution in [-0.2, 0) is 16.0 Å². The summed E-state index contributed by atoms with van der Waals surface area (Å²) >= 11 is 0. The second-order valence-corrected chi connectivity index (χ2v) is 7.13. The Labute approximate surface area is 161 Å². The van der Waals surface area contributed by atoms with Crippen molar-refractivity contribution in [2.45, 2.75) is 90.4 Å². The van der Waals surface area contributed by atoms with E-state index in [1.165, 1.54) is 76.2 Å². The Morgan fingerprint density at radius 2 is 1.42 bits per heavy atom. The summed E-state index contributed by atoms with van der Waals surface area (Å²) in [5, 5.41) is 0. The SMILES string of the molecule is CCCCCCCCCCCCCC=CC(=O)OCCc1ccccc1. The van der Waals surface area contributed by atoms with Crippen molar-refractivity contribution in [2.75, 3.05) is 6.61 Å². The molecule has 0 saturated carbocycles. The van der Waals surface area contributed by atoms with E-state index in [2.05, 4.69) is 19.1 Å². The van der Waals surface area contributed by atoms with Crippen molar-refractivity contribution in [3.8, 4) is 0 Å². The van der Waals surface area contributed by atoms with Gasteiger partial charge in [-0.05, 0) is 18.4 Å². The lowest BCUT2D eigenvalue weighted by Gasteiger charge is -2.02. The van der Waals surface area contributed by atoms with Crippen LogP contribution in [0.3, 0.4) is 0 Å². The van der Waals surface area contributed by atoms with Gasteiger partial charge in [-0.1, -0.05) is 108 Å². The van der Waals surface area contributed by atoms with E-state index in [-0.39, 0.29) is 5.97 Å². The van der Waals surface area contributed by atoms with E-state index >= 15 is 0 Å². The zero-order valence-corrected chi connectivity index (χ0v) is 16.8. The first-order valence-corrected chi connectivity index (χ1v) is 10.7. The van der Waals surface area contributed by atoms with Gasteiger partial charge in [-0.25, -0.2) is 4.79 Å². The van der Waals surface area contributed by atoms with Crippen LogP contribution in [0.15, 0.2) is 42.5 Å². The van der Waals surface area contributed by atoms with E-state index in [1.54, 1.807) is 6.08 Å². The maximum atomic E-state index is 11.6. The van der Waals surface area contributed by atoms with E-state index in [0.29, 0.717) is 6.61 Å². The summed E-state index contributed by atoms with van der Waals surface area (Å²) < 4.78 is 5.23. The van der Waals surface area contributed by atoms with Gasteiger partial charge in [-0.3, -0.25) is 0 Å². The molecule has 0 radical (unpaired) electrons. The summed E-state index contributed by atoms with van der Waals surface area (Å²) in [7, 11) is 0. The minimum absolute atomic E-state index is 0.219. The first-order chi connectivity index (χ1) is 12.8. The molecular formula is C24H38O2. The monoisotopic (exact) mass is 358 g/mol. The van der Waals surface area contributed by atoms with Gasteiger partial charge in [0.05, 0.1) is 6.61 Å². The molecule has 0 heterocycles. The van der Waals surface area contributed by atoms with Gasteiger partial charge in [0.25, 0.3) is 0 Å². The fraction of sp³-hybridized carbons (Fsp3) is 0.625. The molecule has 0 aliphatic rings. The molecule has 26 heavy (non-hydrogen) atoms. The van der Waals surface area contributed by atoms with Crippen LogP contribution in [0, 0.1) is 0 Å². The van der Waals surface area contributed by atoms with Gasteiger partial charge in [-0.15, -0.1) is 0 Å². The van der Waals surface area contributed by atoms with Crippen molar-refractivity contribution in [3.63, 3.8) is 0 Å². The molecule has 0 N–H and O–H groups in total. The number of hydrogen-bond donors (Lipinski definition) is 0. The molecule has 0 aliphatic heterocycles. The number of rotatable bonds is 16. The molecule has 1 aromatic rings. The molecule has 0 saturated heterocycles. The van der Waals surface area contributed by atoms with Gasteiger partial charge in [-0.2, -0.15) is 0 Å². The molecule has 0 unspecified atom stereocenters. The van der Waals surface area contributed by atoms with Crippen molar-refractivity contribution < 1.29 is 9.53 Å². The molecule has 2 heteroatoms. The van der Waals surface area contributed by atoms with Gasteiger partial charge in [0.1, 0.15) is 0 Å². The van der Waals surface area contributed by atoms with Gasteiger partial charge < -0.3 is 4.74 Å². The summed E-state index contributed by atoms with van der Waals surface area (Å²) in [6.07, 6.45) is 20.2. The zero-order valence-electron chi connectivity index (χ0n) is 16.8. The number of ether oxygens (including phenoxy) is 1. The molecule has 0 spiro atoms. The minimum atomic E-state index is -0.219. The van der Waals surface area contributed by atoms with E-state index in [9.17, 15) is 4.79 Å². The van der Waals surface area contributed by atoms with Crippen LogP contribution >= 0.6 is 0 Å². The molecule has 146 valence electrons. The van der Waals surface area contributed by atoms with Crippen molar-refractivity contribution in [1.82, 2.24) is 0 Å². The molecule has 1 aromatic carbocycles. The highest BCUT2D eigenvalue weighted by molar-refractivity contribution is 5.81. The molecule has 2 nitrogen and oxygen atoms in total. The molecule has 0 amide bonds. The molecule has 0 fully saturated rings. The topological polar surface area (TPSA) is 26.3 Å². The second-order valence-electron chi connectivity index (χ2n) is 7.13. The fourth-order valence-corrected chi connectivity index (χ4v) is 3.07. The number of esters is 1. The third kappa shape index (κ3) is 13.7. The van der Waals surface area contributed by atoms with Crippen LogP contribution in [0.2, 0.25) is 0 Å². The predicted octanol–water partition coefficient (Wildman–Crippen LogP) is 7.03. The maximum Gasteiger partial charge on any atom is 0.330 e. The van der Waals surface area contributed by atoms with Crippen LogP contribution in [-0.4, -0.2) is 12.6 Å². The van der Waals surface area contributed by atoms with Crippen LogP contribution in [0.5, 0.6) is 0 Å². The maximum absolute atomic E-state index is 11.6. The highest BCUT2D eigenvalue weighted by atomic mass is 16.5.